The Hall–Kier alpha value is -1.42. The smallest absolute Gasteiger partial charge is 0.421 e. The molecule has 0 bridgehead atoms. The lowest BCUT2D eigenvalue weighted by Crippen LogP contribution is -2.56. The first-order valence-electron chi connectivity index (χ1n) is 12.3. The van der Waals surface area contributed by atoms with Crippen LogP contribution in [0.3, 0.4) is 0 Å². The zero-order valence-electron chi connectivity index (χ0n) is 23.6. The van der Waals surface area contributed by atoms with Crippen LogP contribution in [0.1, 0.15) is 6.42 Å². The Morgan fingerprint density at radius 3 is 1.97 bits per heavy atom. The predicted molar refractivity (Wildman–Crippen MR) is 154 cm³/mol. The van der Waals surface area contributed by atoms with Crippen LogP contribution in [0.25, 0.3) is 0 Å². The average Bonchev–Trinajstić information content (AvgIpc) is 2.98. The van der Waals surface area contributed by atoms with Crippen molar-refractivity contribution in [3.05, 3.63) is 36.7 Å². The largest absolute Gasteiger partial charge is 0.437 e. The van der Waals surface area contributed by atoms with Crippen molar-refractivity contribution < 1.29 is 16.9 Å². The summed E-state index contributed by atoms with van der Waals surface area (Å²) in [5, 5.41) is 12.2. The summed E-state index contributed by atoms with van der Waals surface area (Å²) in [7, 11) is -4.14. The zero-order chi connectivity index (χ0) is 26.5. The number of hydrogen-bond donors (Lipinski definition) is 1. The Morgan fingerprint density at radius 2 is 1.46 bits per heavy atom. The number of rotatable bonds is 13. The van der Waals surface area contributed by atoms with E-state index in [4.69, 9.17) is 12.3 Å². The van der Waals surface area contributed by atoms with E-state index < -0.39 is 33.8 Å². The van der Waals surface area contributed by atoms with Gasteiger partial charge in [-0.1, -0.05) is 5.11 Å². The summed E-state index contributed by atoms with van der Waals surface area (Å²) in [5.74, 6) is 0.795. The number of nitrogens with one attached hydrogen (secondary N) is 1. The van der Waals surface area contributed by atoms with Gasteiger partial charge < -0.3 is 17.7 Å². The molecule has 0 spiro atoms. The topological polar surface area (TPSA) is 73.3 Å². The molecule has 35 heavy (non-hydrogen) atoms. The van der Waals surface area contributed by atoms with Gasteiger partial charge in [0, 0.05) is 17.3 Å². The number of imidazole rings is 1. The van der Waals surface area contributed by atoms with Crippen molar-refractivity contribution in [3.8, 4) is 0 Å². The molecule has 0 saturated heterocycles. The Balaban J connectivity index is 1.93. The van der Waals surface area contributed by atoms with Crippen molar-refractivity contribution in [1.29, 1.82) is 0 Å². The molecule has 1 aromatic carbocycles. The minimum absolute atomic E-state index is 0.795. The lowest BCUT2D eigenvalue weighted by molar-refractivity contribution is -0.657. The highest BCUT2D eigenvalue weighted by Crippen LogP contribution is 2.28. The summed E-state index contributed by atoms with van der Waals surface area (Å²) >= 11 is 0. The molecule has 1 atom stereocenters. The fourth-order valence-electron chi connectivity index (χ4n) is 4.16. The van der Waals surface area contributed by atoms with E-state index in [2.05, 4.69) is 74.5 Å². The first kappa shape index (κ1) is 29.8. The van der Waals surface area contributed by atoms with Gasteiger partial charge in [0.15, 0.2) is 16.6 Å². The second kappa shape index (κ2) is 11.8. The fourth-order valence-corrected chi connectivity index (χ4v) is 22.1. The highest BCUT2D eigenvalue weighted by atomic mass is 28.5. The van der Waals surface area contributed by atoms with Gasteiger partial charge in [-0.25, -0.2) is 9.13 Å². The number of aromatic nitrogens is 2. The molecule has 0 aliphatic heterocycles. The predicted octanol–water partition coefficient (Wildman–Crippen LogP) is 6.56. The van der Waals surface area contributed by atoms with E-state index in [0.717, 1.165) is 36.3 Å². The Labute approximate surface area is 216 Å². The van der Waals surface area contributed by atoms with Gasteiger partial charge in [-0.2, -0.15) is 0 Å². The number of aryl methyl sites for hydroxylation is 2. The Kier molecular flexibility index (Phi) is 10.0. The van der Waals surface area contributed by atoms with Crippen molar-refractivity contribution in [2.75, 3.05) is 11.9 Å². The maximum atomic E-state index is 6.77. The van der Waals surface area contributed by atoms with Crippen LogP contribution in [-0.4, -0.2) is 44.9 Å². The van der Waals surface area contributed by atoms with Crippen molar-refractivity contribution >= 4 is 51.1 Å². The minimum atomic E-state index is -2.36. The fraction of sp³-hybridized carbons (Fsp3) is 0.609. The first-order valence-corrected chi connectivity index (χ1v) is 24.5. The highest BCUT2D eigenvalue weighted by Gasteiger charge is 2.44. The first-order chi connectivity index (χ1) is 16.0. The standard InChI is InChI=1S/C23H45N5O3Si4/c1-27-18-19-28(2)23(27)26-25-22-15-13-21(14-16-22)24-17-12-20-35(11,30-33(6,7)8)31-34(9,10)29-32(3,4)5/h13-16,18-19H,12,17,20H2,1-11H3/p+1. The van der Waals surface area contributed by atoms with Crippen LogP contribution in [0, 0.1) is 0 Å². The van der Waals surface area contributed by atoms with Crippen LogP contribution in [0.5, 0.6) is 0 Å². The van der Waals surface area contributed by atoms with E-state index in [0.29, 0.717) is 0 Å². The van der Waals surface area contributed by atoms with Crippen LogP contribution in [0.15, 0.2) is 46.9 Å². The van der Waals surface area contributed by atoms with Gasteiger partial charge in [-0.15, -0.1) is 0 Å². The van der Waals surface area contributed by atoms with E-state index >= 15 is 0 Å². The summed E-state index contributed by atoms with van der Waals surface area (Å²) in [5.41, 5.74) is 1.89. The molecular formula is C23H46N5O3Si4+. The van der Waals surface area contributed by atoms with E-state index in [1.54, 1.807) is 0 Å². The molecule has 0 aliphatic carbocycles. The van der Waals surface area contributed by atoms with Gasteiger partial charge in [0.25, 0.3) is 0 Å². The summed E-state index contributed by atoms with van der Waals surface area (Å²) in [6.07, 6.45) is 4.89. The van der Waals surface area contributed by atoms with Crippen molar-refractivity contribution in [2.24, 2.45) is 24.3 Å². The van der Waals surface area contributed by atoms with E-state index in [1.807, 2.05) is 59.9 Å². The van der Waals surface area contributed by atoms with Gasteiger partial charge in [-0.3, -0.25) is 0 Å². The number of benzene rings is 1. The highest BCUT2D eigenvalue weighted by molar-refractivity contribution is 6.89. The summed E-state index contributed by atoms with van der Waals surface area (Å²) in [6.45, 7) is 20.8. The Bertz CT molecular complexity index is 965. The lowest BCUT2D eigenvalue weighted by atomic mass is 10.3. The van der Waals surface area contributed by atoms with E-state index in [-0.39, 0.29) is 0 Å². The number of nitrogens with zero attached hydrogens (tertiary/aromatic N) is 4. The lowest BCUT2D eigenvalue weighted by Gasteiger charge is -2.41. The van der Waals surface area contributed by atoms with Gasteiger partial charge in [0.05, 0.1) is 26.5 Å². The van der Waals surface area contributed by atoms with E-state index in [1.165, 1.54) is 0 Å². The minimum Gasteiger partial charge on any atom is -0.437 e. The van der Waals surface area contributed by atoms with Crippen LogP contribution in [0.2, 0.25) is 65.0 Å². The molecule has 1 aromatic heterocycles. The molecule has 0 radical (unpaired) electrons. The molecule has 196 valence electrons. The van der Waals surface area contributed by atoms with Gasteiger partial charge in [-0.05, 0) is 95.7 Å². The second-order valence-corrected chi connectivity index (χ2v) is 28.1. The molecule has 1 N–H and O–H groups in total. The molecule has 1 heterocycles. The number of azo groups is 1. The molecular weight excluding hydrogens is 507 g/mol. The molecule has 0 fully saturated rings. The molecule has 0 saturated carbocycles. The monoisotopic (exact) mass is 552 g/mol. The summed E-state index contributed by atoms with van der Waals surface area (Å²) in [6, 6.07) is 8.99. The van der Waals surface area contributed by atoms with Crippen LogP contribution in [0.4, 0.5) is 17.3 Å². The molecule has 12 heteroatoms. The third-order valence-electron chi connectivity index (χ3n) is 4.94. The van der Waals surface area contributed by atoms with Gasteiger partial charge in [0.2, 0.25) is 0 Å². The third-order valence-corrected chi connectivity index (χ3v) is 18.5. The molecule has 2 aromatic rings. The number of hydrogen-bond acceptors (Lipinski definition) is 6. The number of anilines is 1. The van der Waals surface area contributed by atoms with Crippen LogP contribution in [-0.2, 0) is 26.4 Å². The normalized spacial score (nSPS) is 14.9. The zero-order valence-corrected chi connectivity index (χ0v) is 27.6. The summed E-state index contributed by atoms with van der Waals surface area (Å²) in [4.78, 5) is 0. The quantitative estimate of drug-likeness (QED) is 0.132. The van der Waals surface area contributed by atoms with E-state index in [9.17, 15) is 0 Å². The van der Waals surface area contributed by atoms with Crippen molar-refractivity contribution in [3.63, 3.8) is 0 Å². The molecule has 1 unspecified atom stereocenters. The van der Waals surface area contributed by atoms with Crippen molar-refractivity contribution in [1.82, 2.24) is 4.57 Å². The SMILES string of the molecule is Cn1cc[n+](C)c1/N=N/c1ccc(NCCC[Si](C)(O[Si](C)(C)C)O[Si](C)(C)O[Si](C)(C)C)cc1. The molecule has 0 amide bonds. The summed E-state index contributed by atoms with van der Waals surface area (Å²) < 4.78 is 23.8. The van der Waals surface area contributed by atoms with Gasteiger partial charge >= 0.3 is 23.1 Å². The maximum Gasteiger partial charge on any atom is 0.421 e. The maximum absolute atomic E-state index is 6.77. The molecule has 2 rings (SSSR count). The van der Waals surface area contributed by atoms with Crippen molar-refractivity contribution in [2.45, 2.75) is 71.4 Å². The third kappa shape index (κ3) is 11.0. The van der Waals surface area contributed by atoms with Crippen LogP contribution >= 0.6 is 0 Å². The molecule has 8 nitrogen and oxygen atoms in total. The molecule has 0 aliphatic rings. The van der Waals surface area contributed by atoms with Crippen LogP contribution < -0.4 is 9.88 Å². The Morgan fingerprint density at radius 1 is 0.857 bits per heavy atom. The second-order valence-electron chi connectivity index (χ2n) is 11.7. The van der Waals surface area contributed by atoms with Gasteiger partial charge in [0.1, 0.15) is 5.69 Å². The average molecular weight is 553 g/mol.